The summed E-state index contributed by atoms with van der Waals surface area (Å²) >= 11 is 5.69. The number of ether oxygens (including phenoxy) is 1. The second-order valence-electron chi connectivity index (χ2n) is 3.73. The number of aliphatic carboxylic acids is 1. The zero-order chi connectivity index (χ0) is 15.0. The van der Waals surface area contributed by atoms with E-state index in [2.05, 4.69) is 10.9 Å². The quantitative estimate of drug-likeness (QED) is 0.672. The van der Waals surface area contributed by atoms with Gasteiger partial charge in [-0.3, -0.25) is 25.2 Å². The zero-order valence-corrected chi connectivity index (χ0v) is 11.1. The second-order valence-corrected chi connectivity index (χ2v) is 4.17. The maximum absolute atomic E-state index is 11.3. The minimum absolute atomic E-state index is 0.215. The summed E-state index contributed by atoms with van der Waals surface area (Å²) in [5.74, 6) is -1.78. The van der Waals surface area contributed by atoms with Crippen LogP contribution in [0, 0.1) is 0 Å². The number of carboxylic acid groups (broad SMARTS) is 1. The van der Waals surface area contributed by atoms with Gasteiger partial charge in [0, 0.05) is 11.4 Å². The molecule has 0 spiro atoms. The summed E-state index contributed by atoms with van der Waals surface area (Å²) in [6.07, 6.45) is -0.517. The SMILES string of the molecule is O=C(O)CCC(=O)NNC(=O)COc1ccc(Cl)cc1. The molecule has 0 saturated carbocycles. The van der Waals surface area contributed by atoms with Crippen LogP contribution in [0.2, 0.25) is 5.02 Å². The van der Waals surface area contributed by atoms with Gasteiger partial charge in [-0.05, 0) is 24.3 Å². The third kappa shape index (κ3) is 6.60. The third-order valence-corrected chi connectivity index (χ3v) is 2.34. The lowest BCUT2D eigenvalue weighted by molar-refractivity contribution is -0.139. The van der Waals surface area contributed by atoms with Gasteiger partial charge in [-0.25, -0.2) is 0 Å². The Kier molecular flexibility index (Phi) is 6.31. The van der Waals surface area contributed by atoms with Gasteiger partial charge in [0.05, 0.1) is 6.42 Å². The van der Waals surface area contributed by atoms with Crippen LogP contribution in [0.15, 0.2) is 24.3 Å². The van der Waals surface area contributed by atoms with Gasteiger partial charge in [0.2, 0.25) is 5.91 Å². The van der Waals surface area contributed by atoms with Gasteiger partial charge in [0.15, 0.2) is 6.61 Å². The first-order valence-electron chi connectivity index (χ1n) is 5.65. The fourth-order valence-corrected chi connectivity index (χ4v) is 1.26. The standard InChI is InChI=1S/C12H13ClN2O5/c13-8-1-3-9(4-2-8)20-7-11(17)15-14-10(16)5-6-12(18)19/h1-4H,5-7H2,(H,14,16)(H,15,17)(H,18,19). The van der Waals surface area contributed by atoms with E-state index in [0.717, 1.165) is 0 Å². The highest BCUT2D eigenvalue weighted by Crippen LogP contribution is 2.15. The van der Waals surface area contributed by atoms with Crippen LogP contribution in [-0.2, 0) is 14.4 Å². The lowest BCUT2D eigenvalue weighted by Crippen LogP contribution is -2.43. The molecule has 7 nitrogen and oxygen atoms in total. The number of hydrogen-bond donors (Lipinski definition) is 3. The fourth-order valence-electron chi connectivity index (χ4n) is 1.14. The van der Waals surface area contributed by atoms with E-state index in [1.165, 1.54) is 0 Å². The monoisotopic (exact) mass is 300 g/mol. The molecule has 0 aromatic heterocycles. The molecule has 3 N–H and O–H groups in total. The molecule has 0 saturated heterocycles. The smallest absolute Gasteiger partial charge is 0.303 e. The maximum Gasteiger partial charge on any atom is 0.303 e. The lowest BCUT2D eigenvalue weighted by Gasteiger charge is -2.08. The number of amides is 2. The normalized spacial score (nSPS) is 9.65. The topological polar surface area (TPSA) is 105 Å². The number of carbonyl (C=O) groups excluding carboxylic acids is 2. The predicted octanol–water partition coefficient (Wildman–Crippen LogP) is 0.731. The molecule has 20 heavy (non-hydrogen) atoms. The number of halogens is 1. The Labute approximate surface area is 119 Å². The number of hydrogen-bond acceptors (Lipinski definition) is 4. The lowest BCUT2D eigenvalue weighted by atomic mass is 10.3. The molecule has 0 radical (unpaired) electrons. The van der Waals surface area contributed by atoms with Gasteiger partial charge in [0.25, 0.3) is 5.91 Å². The molecule has 108 valence electrons. The zero-order valence-electron chi connectivity index (χ0n) is 10.4. The van der Waals surface area contributed by atoms with Crippen LogP contribution in [0.25, 0.3) is 0 Å². The summed E-state index contributed by atoms with van der Waals surface area (Å²) in [7, 11) is 0. The van der Waals surface area contributed by atoms with E-state index >= 15 is 0 Å². The molecule has 8 heteroatoms. The molecule has 0 aliphatic heterocycles. The van der Waals surface area contributed by atoms with Crippen molar-refractivity contribution in [2.24, 2.45) is 0 Å². The first-order valence-corrected chi connectivity index (χ1v) is 6.03. The average Bonchev–Trinajstić information content (AvgIpc) is 2.42. The van der Waals surface area contributed by atoms with E-state index < -0.39 is 17.8 Å². The number of nitrogens with one attached hydrogen (secondary N) is 2. The summed E-state index contributed by atoms with van der Waals surface area (Å²) in [6, 6.07) is 6.42. The van der Waals surface area contributed by atoms with Crippen LogP contribution in [0.5, 0.6) is 5.75 Å². The molecule has 0 atom stereocenters. The van der Waals surface area contributed by atoms with Crippen LogP contribution in [0.1, 0.15) is 12.8 Å². The number of benzene rings is 1. The van der Waals surface area contributed by atoms with E-state index in [9.17, 15) is 14.4 Å². The summed E-state index contributed by atoms with van der Waals surface area (Å²) < 4.78 is 5.14. The Morgan fingerprint density at radius 3 is 2.25 bits per heavy atom. The summed E-state index contributed by atoms with van der Waals surface area (Å²) in [4.78, 5) is 32.7. The molecule has 2 amide bonds. The van der Waals surface area contributed by atoms with Gasteiger partial charge in [-0.2, -0.15) is 0 Å². The van der Waals surface area contributed by atoms with E-state index in [1.54, 1.807) is 24.3 Å². The van der Waals surface area contributed by atoms with E-state index in [0.29, 0.717) is 10.8 Å². The predicted molar refractivity (Wildman–Crippen MR) is 70.1 cm³/mol. The van der Waals surface area contributed by atoms with E-state index in [-0.39, 0.29) is 19.4 Å². The molecule has 0 heterocycles. The Morgan fingerprint density at radius 1 is 1.05 bits per heavy atom. The van der Waals surface area contributed by atoms with Crippen molar-refractivity contribution in [3.8, 4) is 5.75 Å². The van der Waals surface area contributed by atoms with E-state index in [4.69, 9.17) is 21.4 Å². The third-order valence-electron chi connectivity index (χ3n) is 2.09. The van der Waals surface area contributed by atoms with Crippen LogP contribution in [-0.4, -0.2) is 29.5 Å². The number of carboxylic acids is 1. The highest BCUT2D eigenvalue weighted by molar-refractivity contribution is 6.30. The van der Waals surface area contributed by atoms with Crippen molar-refractivity contribution in [3.05, 3.63) is 29.3 Å². The first-order chi connectivity index (χ1) is 9.47. The molecular formula is C12H13ClN2O5. The van der Waals surface area contributed by atoms with Crippen molar-refractivity contribution in [1.82, 2.24) is 10.9 Å². The molecule has 0 aliphatic rings. The molecule has 1 aromatic rings. The fraction of sp³-hybridized carbons (Fsp3) is 0.250. The van der Waals surface area contributed by atoms with Crippen molar-refractivity contribution in [2.75, 3.05) is 6.61 Å². The van der Waals surface area contributed by atoms with Gasteiger partial charge < -0.3 is 9.84 Å². The van der Waals surface area contributed by atoms with Gasteiger partial charge in [-0.15, -0.1) is 0 Å². The second kappa shape index (κ2) is 8.00. The van der Waals surface area contributed by atoms with E-state index in [1.807, 2.05) is 0 Å². The summed E-state index contributed by atoms with van der Waals surface area (Å²) in [5.41, 5.74) is 4.19. The molecule has 0 fully saturated rings. The number of carbonyl (C=O) groups is 3. The average molecular weight is 301 g/mol. The molecule has 0 bridgehead atoms. The largest absolute Gasteiger partial charge is 0.484 e. The van der Waals surface area contributed by atoms with Crippen molar-refractivity contribution in [1.29, 1.82) is 0 Å². The van der Waals surface area contributed by atoms with Crippen molar-refractivity contribution in [3.63, 3.8) is 0 Å². The van der Waals surface area contributed by atoms with Crippen LogP contribution < -0.4 is 15.6 Å². The Hall–Kier alpha value is -2.28. The molecule has 0 unspecified atom stereocenters. The van der Waals surface area contributed by atoms with Gasteiger partial charge in [0.1, 0.15) is 5.75 Å². The maximum atomic E-state index is 11.3. The Balaban J connectivity index is 2.21. The summed E-state index contributed by atoms with van der Waals surface area (Å²) in [5, 5.41) is 8.92. The van der Waals surface area contributed by atoms with Gasteiger partial charge in [-0.1, -0.05) is 11.6 Å². The highest BCUT2D eigenvalue weighted by atomic mass is 35.5. The van der Waals surface area contributed by atoms with Gasteiger partial charge >= 0.3 is 5.97 Å². The first kappa shape index (κ1) is 15.8. The minimum Gasteiger partial charge on any atom is -0.484 e. The number of hydrazine groups is 1. The van der Waals surface area contributed by atoms with Crippen molar-refractivity contribution in [2.45, 2.75) is 12.8 Å². The van der Waals surface area contributed by atoms with Crippen molar-refractivity contribution < 1.29 is 24.2 Å². The molecular weight excluding hydrogens is 288 g/mol. The Bertz CT molecular complexity index is 489. The molecule has 1 aromatic carbocycles. The molecule has 1 rings (SSSR count). The molecule has 0 aliphatic carbocycles. The number of rotatable bonds is 6. The van der Waals surface area contributed by atoms with Crippen LogP contribution in [0.4, 0.5) is 0 Å². The minimum atomic E-state index is -1.09. The highest BCUT2D eigenvalue weighted by Gasteiger charge is 2.07. The van der Waals surface area contributed by atoms with Crippen LogP contribution in [0.3, 0.4) is 0 Å². The summed E-state index contributed by atoms with van der Waals surface area (Å²) in [6.45, 7) is -0.291. The van der Waals surface area contributed by atoms with Crippen molar-refractivity contribution >= 4 is 29.4 Å². The Morgan fingerprint density at radius 2 is 1.65 bits per heavy atom. The van der Waals surface area contributed by atoms with Crippen LogP contribution >= 0.6 is 11.6 Å².